The molecule has 4 aromatic rings. The first-order valence-electron chi connectivity index (χ1n) is 9.77. The first-order chi connectivity index (χ1) is 14.4. The van der Waals surface area contributed by atoms with Gasteiger partial charge in [0.15, 0.2) is 5.65 Å². The van der Waals surface area contributed by atoms with Crippen molar-refractivity contribution in [3.8, 4) is 5.69 Å². The molecule has 0 atom stereocenters. The Labute approximate surface area is 169 Å². The van der Waals surface area contributed by atoms with Gasteiger partial charge in [-0.1, -0.05) is 30.3 Å². The molecule has 2 aromatic carbocycles. The molecule has 2 aromatic heterocycles. The molecule has 5 rings (SSSR count). The molecule has 29 heavy (non-hydrogen) atoms. The highest BCUT2D eigenvalue weighted by atomic mass is 16.5. The number of morpholine rings is 1. The van der Waals surface area contributed by atoms with Crippen LogP contribution in [0.2, 0.25) is 0 Å². The number of ether oxygens (including phenoxy) is 1. The Morgan fingerprint density at radius 1 is 0.931 bits per heavy atom. The van der Waals surface area contributed by atoms with Gasteiger partial charge in [-0.3, -0.25) is 4.90 Å². The van der Waals surface area contributed by atoms with Crippen molar-refractivity contribution in [1.29, 1.82) is 0 Å². The van der Waals surface area contributed by atoms with Gasteiger partial charge in [0.2, 0.25) is 0 Å². The fourth-order valence-electron chi connectivity index (χ4n) is 3.55. The molecule has 7 nitrogen and oxygen atoms in total. The van der Waals surface area contributed by atoms with Gasteiger partial charge in [0.05, 0.1) is 30.5 Å². The molecular weight excluding hydrogens is 364 g/mol. The quantitative estimate of drug-likeness (QED) is 0.567. The lowest BCUT2D eigenvalue weighted by Gasteiger charge is -2.26. The summed E-state index contributed by atoms with van der Waals surface area (Å²) in [6, 6.07) is 18.5. The summed E-state index contributed by atoms with van der Waals surface area (Å²) in [4.78, 5) is 11.3. The smallest absolute Gasteiger partial charge is 0.168 e. The van der Waals surface area contributed by atoms with E-state index in [0.29, 0.717) is 0 Å². The fraction of sp³-hybridized carbons (Fsp3) is 0.227. The maximum atomic E-state index is 5.42. The maximum Gasteiger partial charge on any atom is 0.168 e. The number of nitrogens with zero attached hydrogens (tertiary/aromatic N) is 5. The van der Waals surface area contributed by atoms with E-state index in [1.165, 1.54) is 5.56 Å². The van der Waals surface area contributed by atoms with Crippen LogP contribution in [0.15, 0.2) is 67.1 Å². The van der Waals surface area contributed by atoms with Gasteiger partial charge in [-0.05, 0) is 29.8 Å². The molecule has 7 heteroatoms. The predicted octanol–water partition coefficient (Wildman–Crippen LogP) is 3.39. The Bertz CT molecular complexity index is 1090. The van der Waals surface area contributed by atoms with Crippen LogP contribution in [0.3, 0.4) is 0 Å². The van der Waals surface area contributed by atoms with Gasteiger partial charge in [-0.25, -0.2) is 14.6 Å². The second-order valence-electron chi connectivity index (χ2n) is 7.06. The summed E-state index contributed by atoms with van der Waals surface area (Å²) in [5.74, 6) is 0.748. The second kappa shape index (κ2) is 7.98. The maximum absolute atomic E-state index is 5.42. The molecule has 146 valence electrons. The minimum Gasteiger partial charge on any atom is -0.379 e. The minimum atomic E-state index is 0.748. The van der Waals surface area contributed by atoms with E-state index >= 15 is 0 Å². The third-order valence-corrected chi connectivity index (χ3v) is 5.09. The van der Waals surface area contributed by atoms with Gasteiger partial charge in [0, 0.05) is 25.3 Å². The van der Waals surface area contributed by atoms with Gasteiger partial charge in [-0.2, -0.15) is 5.10 Å². The summed E-state index contributed by atoms with van der Waals surface area (Å²) < 4.78 is 7.24. The zero-order chi connectivity index (χ0) is 19.5. The fourth-order valence-corrected chi connectivity index (χ4v) is 3.55. The lowest BCUT2D eigenvalue weighted by molar-refractivity contribution is 0.0342. The van der Waals surface area contributed by atoms with Crippen LogP contribution in [0, 0.1) is 0 Å². The van der Waals surface area contributed by atoms with Crippen molar-refractivity contribution < 1.29 is 4.74 Å². The molecule has 0 saturated carbocycles. The lowest BCUT2D eigenvalue weighted by atomic mass is 10.2. The molecular formula is C22H22N6O. The Morgan fingerprint density at radius 2 is 1.72 bits per heavy atom. The van der Waals surface area contributed by atoms with Crippen LogP contribution in [0.4, 0.5) is 11.5 Å². The summed E-state index contributed by atoms with van der Waals surface area (Å²) in [5.41, 5.74) is 4.03. The molecule has 1 fully saturated rings. The largest absolute Gasteiger partial charge is 0.379 e. The average Bonchev–Trinajstić information content (AvgIpc) is 3.22. The molecule has 0 spiro atoms. The van der Waals surface area contributed by atoms with Crippen molar-refractivity contribution in [2.45, 2.75) is 6.54 Å². The zero-order valence-corrected chi connectivity index (χ0v) is 16.0. The normalized spacial score (nSPS) is 14.9. The molecule has 1 aliphatic heterocycles. The number of nitrogens with one attached hydrogen (secondary N) is 1. The molecule has 1 saturated heterocycles. The molecule has 1 aliphatic rings. The third-order valence-electron chi connectivity index (χ3n) is 5.09. The van der Waals surface area contributed by atoms with Crippen molar-refractivity contribution in [2.75, 3.05) is 31.6 Å². The van der Waals surface area contributed by atoms with Gasteiger partial charge < -0.3 is 10.1 Å². The number of benzene rings is 2. The highest BCUT2D eigenvalue weighted by Crippen LogP contribution is 2.24. The molecule has 3 heterocycles. The molecule has 1 N–H and O–H groups in total. The van der Waals surface area contributed by atoms with Crippen molar-refractivity contribution in [3.63, 3.8) is 0 Å². The van der Waals surface area contributed by atoms with Gasteiger partial charge in [0.25, 0.3) is 0 Å². The van der Waals surface area contributed by atoms with E-state index in [9.17, 15) is 0 Å². The van der Waals surface area contributed by atoms with Crippen molar-refractivity contribution in [2.24, 2.45) is 0 Å². The first kappa shape index (κ1) is 17.8. The van der Waals surface area contributed by atoms with E-state index in [1.807, 2.05) is 35.0 Å². The first-order valence-corrected chi connectivity index (χ1v) is 9.77. The van der Waals surface area contributed by atoms with E-state index in [2.05, 4.69) is 49.5 Å². The summed E-state index contributed by atoms with van der Waals surface area (Å²) >= 11 is 0. The number of anilines is 2. The number of para-hydroxylation sites is 1. The lowest BCUT2D eigenvalue weighted by Crippen LogP contribution is -2.35. The number of hydrogen-bond donors (Lipinski definition) is 1. The molecule has 0 bridgehead atoms. The third kappa shape index (κ3) is 3.83. The topological polar surface area (TPSA) is 68.1 Å². The standard InChI is InChI=1S/C22H22N6O/c1-2-4-19(5-3-1)28-22-20(14-25-28)21(23-16-24-22)26-18-8-6-17(7-9-18)15-27-10-12-29-13-11-27/h1-9,14,16H,10-13,15H2,(H,23,24,26). The Morgan fingerprint density at radius 3 is 2.52 bits per heavy atom. The highest BCUT2D eigenvalue weighted by molar-refractivity contribution is 5.89. The number of hydrogen-bond acceptors (Lipinski definition) is 6. The Balaban J connectivity index is 1.36. The number of fused-ring (bicyclic) bond motifs is 1. The summed E-state index contributed by atoms with van der Waals surface area (Å²) in [7, 11) is 0. The Hall–Kier alpha value is -3.29. The second-order valence-corrected chi connectivity index (χ2v) is 7.06. The SMILES string of the molecule is c1ccc(-n2ncc3c(Nc4ccc(CN5CCOCC5)cc4)ncnc32)cc1. The predicted molar refractivity (Wildman–Crippen MR) is 112 cm³/mol. The summed E-state index contributed by atoms with van der Waals surface area (Å²) in [6.45, 7) is 4.57. The molecule has 0 aliphatic carbocycles. The monoisotopic (exact) mass is 386 g/mol. The van der Waals surface area contributed by atoms with Crippen LogP contribution >= 0.6 is 0 Å². The highest BCUT2D eigenvalue weighted by Gasteiger charge is 2.12. The van der Waals surface area contributed by atoms with Crippen molar-refractivity contribution in [3.05, 3.63) is 72.7 Å². The zero-order valence-electron chi connectivity index (χ0n) is 16.0. The summed E-state index contributed by atoms with van der Waals surface area (Å²) in [5, 5.41) is 8.79. The van der Waals surface area contributed by atoms with Crippen LogP contribution in [-0.2, 0) is 11.3 Å². The van der Waals surface area contributed by atoms with Crippen LogP contribution in [0.5, 0.6) is 0 Å². The van der Waals surface area contributed by atoms with E-state index in [4.69, 9.17) is 4.74 Å². The van der Waals surface area contributed by atoms with Gasteiger partial charge in [-0.15, -0.1) is 0 Å². The summed E-state index contributed by atoms with van der Waals surface area (Å²) in [6.07, 6.45) is 3.37. The van der Waals surface area contributed by atoms with E-state index in [-0.39, 0.29) is 0 Å². The van der Waals surface area contributed by atoms with Crippen molar-refractivity contribution in [1.82, 2.24) is 24.6 Å². The molecule has 0 amide bonds. The van der Waals surface area contributed by atoms with Crippen LogP contribution < -0.4 is 5.32 Å². The Kier molecular flexibility index (Phi) is 4.90. The van der Waals surface area contributed by atoms with E-state index < -0.39 is 0 Å². The van der Waals surface area contributed by atoms with Gasteiger partial charge in [0.1, 0.15) is 12.1 Å². The number of aromatic nitrogens is 4. The molecule has 0 radical (unpaired) electrons. The van der Waals surface area contributed by atoms with Crippen LogP contribution in [0.1, 0.15) is 5.56 Å². The molecule has 0 unspecified atom stereocenters. The average molecular weight is 386 g/mol. The van der Waals surface area contributed by atoms with Crippen molar-refractivity contribution >= 4 is 22.5 Å². The van der Waals surface area contributed by atoms with Crippen LogP contribution in [0.25, 0.3) is 16.7 Å². The number of rotatable bonds is 5. The van der Waals surface area contributed by atoms with Gasteiger partial charge >= 0.3 is 0 Å². The minimum absolute atomic E-state index is 0.748. The van der Waals surface area contributed by atoms with Crippen LogP contribution in [-0.4, -0.2) is 51.0 Å². The van der Waals surface area contributed by atoms with E-state index in [0.717, 1.165) is 61.1 Å². The van der Waals surface area contributed by atoms with E-state index in [1.54, 1.807) is 12.5 Å².